The van der Waals surface area contributed by atoms with Gasteiger partial charge in [-0.2, -0.15) is 0 Å². The number of benzene rings is 1. The van der Waals surface area contributed by atoms with Crippen LogP contribution in [0.4, 0.5) is 10.1 Å². The van der Waals surface area contributed by atoms with Crippen LogP contribution >= 0.6 is 15.9 Å². The minimum absolute atomic E-state index is 0.0177. The molecule has 3 heterocycles. The third-order valence-electron chi connectivity index (χ3n) is 4.45. The smallest absolute Gasteiger partial charge is 0.329 e. The van der Waals surface area contributed by atoms with Gasteiger partial charge in [0.15, 0.2) is 0 Å². The van der Waals surface area contributed by atoms with Crippen LogP contribution < -0.4 is 11.0 Å². The first-order valence-electron chi connectivity index (χ1n) is 7.16. The second kappa shape index (κ2) is 4.55. The number of halogens is 2. The Kier molecular flexibility index (Phi) is 2.84. The number of imidazole rings is 1. The summed E-state index contributed by atoms with van der Waals surface area (Å²) in [7, 11) is 1.74. The third kappa shape index (κ3) is 1.57. The molecule has 0 saturated heterocycles. The maximum atomic E-state index is 14.1. The van der Waals surface area contributed by atoms with E-state index in [4.69, 9.17) is 0 Å². The number of pyridine rings is 1. The van der Waals surface area contributed by atoms with Gasteiger partial charge in [0.2, 0.25) is 0 Å². The van der Waals surface area contributed by atoms with Crippen molar-refractivity contribution in [3.63, 3.8) is 0 Å². The Morgan fingerprint density at radius 1 is 1.55 bits per heavy atom. The summed E-state index contributed by atoms with van der Waals surface area (Å²) in [6, 6.07) is 1.42. The van der Waals surface area contributed by atoms with Crippen LogP contribution in [0.15, 0.2) is 21.5 Å². The Labute approximate surface area is 133 Å². The molecular formula is C15H14BrFN4O. The first-order valence-corrected chi connectivity index (χ1v) is 7.95. The zero-order chi connectivity index (χ0) is 15.6. The molecule has 0 unspecified atom stereocenters. The molecule has 0 radical (unpaired) electrons. The maximum absolute atomic E-state index is 14.1. The van der Waals surface area contributed by atoms with E-state index in [0.717, 1.165) is 22.8 Å². The fourth-order valence-electron chi connectivity index (χ4n) is 3.27. The quantitative estimate of drug-likeness (QED) is 0.721. The summed E-state index contributed by atoms with van der Waals surface area (Å²) >= 11 is 3.32. The van der Waals surface area contributed by atoms with Crippen LogP contribution in [0.3, 0.4) is 0 Å². The van der Waals surface area contributed by atoms with Gasteiger partial charge in [-0.3, -0.25) is 14.1 Å². The van der Waals surface area contributed by atoms with E-state index >= 15 is 0 Å². The van der Waals surface area contributed by atoms with Crippen LogP contribution in [0.1, 0.15) is 19.4 Å². The Morgan fingerprint density at radius 2 is 2.32 bits per heavy atom. The summed E-state index contributed by atoms with van der Waals surface area (Å²) in [4.78, 5) is 17.0. The van der Waals surface area contributed by atoms with Gasteiger partial charge in [-0.05, 0) is 22.4 Å². The molecular weight excluding hydrogens is 351 g/mol. The zero-order valence-corrected chi connectivity index (χ0v) is 13.7. The lowest BCUT2D eigenvalue weighted by molar-refractivity contribution is 0.503. The highest BCUT2D eigenvalue weighted by molar-refractivity contribution is 9.10. The number of nitrogens with one attached hydrogen (secondary N) is 1. The summed E-state index contributed by atoms with van der Waals surface area (Å²) in [5.41, 5.74) is 2.74. The van der Waals surface area contributed by atoms with Crippen molar-refractivity contribution >= 4 is 43.6 Å². The van der Waals surface area contributed by atoms with E-state index in [0.29, 0.717) is 22.2 Å². The van der Waals surface area contributed by atoms with Crippen molar-refractivity contribution in [2.75, 3.05) is 11.9 Å². The molecule has 0 amide bonds. The molecule has 3 aromatic rings. The van der Waals surface area contributed by atoms with Crippen LogP contribution in [-0.2, 0) is 7.05 Å². The molecule has 0 fully saturated rings. The molecule has 0 bridgehead atoms. The molecule has 2 aromatic heterocycles. The van der Waals surface area contributed by atoms with E-state index in [9.17, 15) is 9.18 Å². The SMILES string of the molecule is CC[C@@H]1CNc2c(Br)c(F)cc3ncc4c(c23)n1c(=O)n4C. The first kappa shape index (κ1) is 13.8. The Bertz CT molecular complexity index is 991. The molecule has 1 aliphatic heterocycles. The van der Waals surface area contributed by atoms with Gasteiger partial charge < -0.3 is 5.32 Å². The summed E-state index contributed by atoms with van der Waals surface area (Å²) < 4.78 is 17.9. The highest BCUT2D eigenvalue weighted by Gasteiger charge is 2.26. The van der Waals surface area contributed by atoms with E-state index < -0.39 is 0 Å². The van der Waals surface area contributed by atoms with Gasteiger partial charge in [-0.25, -0.2) is 9.18 Å². The van der Waals surface area contributed by atoms with Gasteiger partial charge in [0.25, 0.3) is 0 Å². The highest BCUT2D eigenvalue weighted by atomic mass is 79.9. The van der Waals surface area contributed by atoms with E-state index in [1.54, 1.807) is 17.8 Å². The predicted molar refractivity (Wildman–Crippen MR) is 88.0 cm³/mol. The number of anilines is 1. The molecule has 22 heavy (non-hydrogen) atoms. The van der Waals surface area contributed by atoms with Gasteiger partial charge in [0, 0.05) is 19.7 Å². The van der Waals surface area contributed by atoms with Gasteiger partial charge in [-0.15, -0.1) is 0 Å². The summed E-state index contributed by atoms with van der Waals surface area (Å²) in [6.45, 7) is 2.61. The third-order valence-corrected chi connectivity index (χ3v) is 5.23. The van der Waals surface area contributed by atoms with E-state index in [-0.39, 0.29) is 17.5 Å². The van der Waals surface area contributed by atoms with Crippen molar-refractivity contribution in [1.29, 1.82) is 0 Å². The number of rotatable bonds is 1. The second-order valence-corrected chi connectivity index (χ2v) is 6.38. The first-order chi connectivity index (χ1) is 10.5. The summed E-state index contributed by atoms with van der Waals surface area (Å²) in [5, 5.41) is 4.08. The Balaban J connectivity index is 2.33. The minimum atomic E-state index is -0.360. The summed E-state index contributed by atoms with van der Waals surface area (Å²) in [6.07, 6.45) is 2.45. The highest BCUT2D eigenvalue weighted by Crippen LogP contribution is 2.39. The van der Waals surface area contributed by atoms with Crippen molar-refractivity contribution in [2.24, 2.45) is 7.05 Å². The molecule has 7 heteroatoms. The van der Waals surface area contributed by atoms with Crippen LogP contribution in [0.2, 0.25) is 0 Å². The van der Waals surface area contributed by atoms with Gasteiger partial charge >= 0.3 is 5.69 Å². The van der Waals surface area contributed by atoms with E-state index in [2.05, 4.69) is 26.2 Å². The molecule has 4 rings (SSSR count). The van der Waals surface area contributed by atoms with Crippen molar-refractivity contribution in [2.45, 2.75) is 19.4 Å². The number of nitrogens with zero attached hydrogens (tertiary/aromatic N) is 3. The Hall–Kier alpha value is -1.89. The van der Waals surface area contributed by atoms with Crippen LogP contribution in [0, 0.1) is 5.82 Å². The minimum Gasteiger partial charge on any atom is -0.381 e. The predicted octanol–water partition coefficient (Wildman–Crippen LogP) is 3.17. The number of aromatic nitrogens is 3. The van der Waals surface area contributed by atoms with Crippen molar-refractivity contribution < 1.29 is 4.39 Å². The van der Waals surface area contributed by atoms with Crippen LogP contribution in [0.5, 0.6) is 0 Å². The molecule has 1 atom stereocenters. The fraction of sp³-hybridized carbons (Fsp3) is 0.333. The van der Waals surface area contributed by atoms with Crippen LogP contribution in [0.25, 0.3) is 21.9 Å². The zero-order valence-electron chi connectivity index (χ0n) is 12.2. The molecule has 0 spiro atoms. The van der Waals surface area contributed by atoms with Crippen molar-refractivity contribution in [3.8, 4) is 0 Å². The molecule has 1 N–H and O–H groups in total. The van der Waals surface area contributed by atoms with Crippen LogP contribution in [-0.4, -0.2) is 20.7 Å². The Morgan fingerprint density at radius 3 is 3.05 bits per heavy atom. The maximum Gasteiger partial charge on any atom is 0.329 e. The normalized spacial score (nSPS) is 17.2. The lowest BCUT2D eigenvalue weighted by Gasteiger charge is -2.15. The molecule has 0 aliphatic carbocycles. The fourth-order valence-corrected chi connectivity index (χ4v) is 3.72. The van der Waals surface area contributed by atoms with Gasteiger partial charge in [-0.1, -0.05) is 6.92 Å². The topological polar surface area (TPSA) is 51.9 Å². The van der Waals surface area contributed by atoms with E-state index in [1.807, 2.05) is 11.5 Å². The van der Waals surface area contributed by atoms with E-state index in [1.165, 1.54) is 6.07 Å². The lowest BCUT2D eigenvalue weighted by Crippen LogP contribution is -2.28. The van der Waals surface area contributed by atoms with Crippen molar-refractivity contribution in [1.82, 2.24) is 14.1 Å². The summed E-state index contributed by atoms with van der Waals surface area (Å²) in [5.74, 6) is -0.360. The number of hydrogen-bond donors (Lipinski definition) is 1. The average Bonchev–Trinajstić information content (AvgIpc) is 2.68. The number of hydrogen-bond acceptors (Lipinski definition) is 3. The van der Waals surface area contributed by atoms with Crippen molar-refractivity contribution in [3.05, 3.63) is 33.0 Å². The molecule has 114 valence electrons. The van der Waals surface area contributed by atoms with Gasteiger partial charge in [0.1, 0.15) is 5.82 Å². The molecule has 5 nitrogen and oxygen atoms in total. The number of aryl methyl sites for hydroxylation is 1. The average molecular weight is 365 g/mol. The monoisotopic (exact) mass is 364 g/mol. The van der Waals surface area contributed by atoms with Gasteiger partial charge in [0.05, 0.1) is 44.3 Å². The molecule has 1 aromatic carbocycles. The second-order valence-electron chi connectivity index (χ2n) is 5.59. The molecule has 0 saturated carbocycles. The largest absolute Gasteiger partial charge is 0.381 e. The standard InChI is InChI=1S/C15H14BrFN4O/c1-3-7-5-19-13-11-9(4-8(17)12(13)16)18-6-10-14(11)21(7)15(22)20(10)2/h4,6-7,19H,3,5H2,1-2H3/t7-/m1/s1. The lowest BCUT2D eigenvalue weighted by atomic mass is 10.1. The molecule has 1 aliphatic rings.